The lowest BCUT2D eigenvalue weighted by Crippen LogP contribution is -2.29. The highest BCUT2D eigenvalue weighted by molar-refractivity contribution is 8.00. The molecular formula is C32H30FN3O5S2. The summed E-state index contributed by atoms with van der Waals surface area (Å²) in [6, 6.07) is 19.2. The number of ketones is 1. The summed E-state index contributed by atoms with van der Waals surface area (Å²) in [7, 11) is 0. The number of aromatic nitrogens is 2. The highest BCUT2D eigenvalue weighted by Crippen LogP contribution is 2.44. The van der Waals surface area contributed by atoms with Crippen LogP contribution in [0, 0.1) is 5.82 Å². The molecule has 1 amide bonds. The maximum Gasteiger partial charge on any atom is 0.301 e. The number of carbonyl (C=O) groups excluding carboxylic acids is 2. The van der Waals surface area contributed by atoms with Crippen LogP contribution >= 0.6 is 23.1 Å². The van der Waals surface area contributed by atoms with E-state index in [1.165, 1.54) is 22.7 Å². The molecule has 1 fully saturated rings. The molecule has 0 unspecified atom stereocenters. The number of benzene rings is 3. The number of anilines is 1. The standard InChI is InChI=1S/C32H30FN3O5S2/c1-3-5-18-41-24-16-12-21(13-17-24)28(37)26-27(20-10-14-23(15-11-20)40-4-2)36(30(39)29(26)38)31-34-35-32(43-31)42-19-22-8-6-7-9-25(22)33/h6-17,27,37H,3-5,18-19H2,1-2H3/t27-/m1/s1. The van der Waals surface area contributed by atoms with E-state index < -0.39 is 17.7 Å². The molecule has 0 radical (unpaired) electrons. The molecule has 43 heavy (non-hydrogen) atoms. The molecule has 0 spiro atoms. The van der Waals surface area contributed by atoms with Gasteiger partial charge in [-0.25, -0.2) is 4.39 Å². The second kappa shape index (κ2) is 13.8. The van der Waals surface area contributed by atoms with Crippen LogP contribution in [0.5, 0.6) is 11.5 Å². The Morgan fingerprint density at radius 3 is 2.37 bits per heavy atom. The Hall–Kier alpha value is -4.22. The molecule has 0 bridgehead atoms. The summed E-state index contributed by atoms with van der Waals surface area (Å²) in [5, 5.41) is 20.0. The zero-order chi connectivity index (χ0) is 30.3. The second-order valence-electron chi connectivity index (χ2n) is 9.63. The normalized spacial score (nSPS) is 16.1. The molecule has 1 saturated heterocycles. The lowest BCUT2D eigenvalue weighted by molar-refractivity contribution is -0.132. The van der Waals surface area contributed by atoms with Crippen LogP contribution in [0.2, 0.25) is 0 Å². The summed E-state index contributed by atoms with van der Waals surface area (Å²) in [5.41, 5.74) is 1.40. The van der Waals surface area contributed by atoms with Gasteiger partial charge in [0.2, 0.25) is 5.13 Å². The molecule has 1 aromatic heterocycles. The highest BCUT2D eigenvalue weighted by Gasteiger charge is 2.48. The number of halogens is 1. The van der Waals surface area contributed by atoms with Gasteiger partial charge >= 0.3 is 5.91 Å². The number of Topliss-reactive ketones (excluding diaryl/α,β-unsaturated/α-hetero) is 1. The van der Waals surface area contributed by atoms with Gasteiger partial charge in [0.15, 0.2) is 4.34 Å². The molecule has 5 rings (SSSR count). The van der Waals surface area contributed by atoms with Crippen molar-refractivity contribution in [3.8, 4) is 11.5 Å². The average molecular weight is 620 g/mol. The first-order chi connectivity index (χ1) is 20.9. The Morgan fingerprint density at radius 1 is 0.977 bits per heavy atom. The zero-order valence-corrected chi connectivity index (χ0v) is 25.3. The van der Waals surface area contributed by atoms with Gasteiger partial charge in [0.1, 0.15) is 23.1 Å². The fourth-order valence-corrected chi connectivity index (χ4v) is 6.42. The summed E-state index contributed by atoms with van der Waals surface area (Å²) >= 11 is 2.40. The number of unbranched alkanes of at least 4 members (excludes halogenated alkanes) is 1. The quantitative estimate of drug-likeness (QED) is 0.0445. The first kappa shape index (κ1) is 30.2. The van der Waals surface area contributed by atoms with Gasteiger partial charge in [-0.1, -0.05) is 66.8 Å². The lowest BCUT2D eigenvalue weighted by atomic mass is 9.95. The van der Waals surface area contributed by atoms with E-state index in [1.54, 1.807) is 66.7 Å². The average Bonchev–Trinajstić information content (AvgIpc) is 3.59. The Labute approximate surface area is 257 Å². The van der Waals surface area contributed by atoms with Crippen LogP contribution in [0.15, 0.2) is 82.7 Å². The Kier molecular flexibility index (Phi) is 9.73. The lowest BCUT2D eigenvalue weighted by Gasteiger charge is -2.22. The molecular weight excluding hydrogens is 590 g/mol. The van der Waals surface area contributed by atoms with Crippen molar-refractivity contribution in [2.75, 3.05) is 18.1 Å². The largest absolute Gasteiger partial charge is 0.507 e. The van der Waals surface area contributed by atoms with Crippen LogP contribution in [0.3, 0.4) is 0 Å². The first-order valence-corrected chi connectivity index (χ1v) is 15.7. The molecule has 0 aliphatic carbocycles. The SMILES string of the molecule is CCCCOc1ccc(C(O)=C2C(=O)C(=O)N(c3nnc(SCc4ccccc4F)s3)[C@@H]2c2ccc(OCC)cc2)cc1. The number of rotatable bonds is 12. The minimum Gasteiger partial charge on any atom is -0.507 e. The molecule has 1 aliphatic heterocycles. The molecule has 3 aromatic carbocycles. The molecule has 11 heteroatoms. The van der Waals surface area contributed by atoms with Crippen molar-refractivity contribution < 1.29 is 28.6 Å². The maximum absolute atomic E-state index is 14.1. The van der Waals surface area contributed by atoms with Crippen LogP contribution in [-0.2, 0) is 15.3 Å². The molecule has 222 valence electrons. The van der Waals surface area contributed by atoms with Crippen molar-refractivity contribution in [2.24, 2.45) is 0 Å². The fraction of sp³-hybridized carbons (Fsp3) is 0.250. The van der Waals surface area contributed by atoms with E-state index in [2.05, 4.69) is 17.1 Å². The Balaban J connectivity index is 1.50. The van der Waals surface area contributed by atoms with Crippen molar-refractivity contribution in [1.29, 1.82) is 0 Å². The van der Waals surface area contributed by atoms with Gasteiger partial charge in [0, 0.05) is 11.3 Å². The van der Waals surface area contributed by atoms with Crippen LogP contribution in [0.4, 0.5) is 9.52 Å². The third kappa shape index (κ3) is 6.73. The molecule has 0 saturated carbocycles. The number of nitrogens with zero attached hydrogens (tertiary/aromatic N) is 3. The smallest absolute Gasteiger partial charge is 0.301 e. The molecule has 1 N–H and O–H groups in total. The van der Waals surface area contributed by atoms with Crippen LogP contribution in [0.25, 0.3) is 5.76 Å². The number of aliphatic hydroxyl groups is 1. The summed E-state index contributed by atoms with van der Waals surface area (Å²) in [6.07, 6.45) is 1.92. The van der Waals surface area contributed by atoms with Gasteiger partial charge in [-0.2, -0.15) is 0 Å². The van der Waals surface area contributed by atoms with Gasteiger partial charge in [-0.15, -0.1) is 10.2 Å². The number of hydrogen-bond donors (Lipinski definition) is 1. The van der Waals surface area contributed by atoms with Gasteiger partial charge in [-0.05, 0) is 66.9 Å². The molecule has 8 nitrogen and oxygen atoms in total. The minimum absolute atomic E-state index is 0.0652. The molecule has 1 aliphatic rings. The van der Waals surface area contributed by atoms with E-state index in [9.17, 15) is 19.1 Å². The number of hydrogen-bond acceptors (Lipinski definition) is 9. The van der Waals surface area contributed by atoms with Gasteiger partial charge in [0.25, 0.3) is 5.78 Å². The monoisotopic (exact) mass is 619 g/mol. The number of carbonyl (C=O) groups is 2. The summed E-state index contributed by atoms with van der Waals surface area (Å²) in [4.78, 5) is 28.3. The number of ether oxygens (including phenoxy) is 2. The predicted octanol–water partition coefficient (Wildman–Crippen LogP) is 7.17. The molecule has 1 atom stereocenters. The number of aliphatic hydroxyl groups excluding tert-OH is 1. The van der Waals surface area contributed by atoms with Gasteiger partial charge < -0.3 is 14.6 Å². The first-order valence-electron chi connectivity index (χ1n) is 13.9. The van der Waals surface area contributed by atoms with Crippen LogP contribution < -0.4 is 14.4 Å². The van der Waals surface area contributed by atoms with E-state index in [0.29, 0.717) is 51.5 Å². The van der Waals surface area contributed by atoms with Crippen molar-refractivity contribution in [3.63, 3.8) is 0 Å². The third-order valence-electron chi connectivity index (χ3n) is 6.76. The Bertz CT molecular complexity index is 1620. The van der Waals surface area contributed by atoms with Crippen LogP contribution in [-0.4, -0.2) is 40.2 Å². The van der Waals surface area contributed by atoms with E-state index in [1.807, 2.05) is 6.92 Å². The molecule has 2 heterocycles. The summed E-state index contributed by atoms with van der Waals surface area (Å²) < 4.78 is 25.9. The maximum atomic E-state index is 14.1. The number of amides is 1. The predicted molar refractivity (Wildman–Crippen MR) is 165 cm³/mol. The van der Waals surface area contributed by atoms with Crippen molar-refractivity contribution in [2.45, 2.75) is 42.8 Å². The van der Waals surface area contributed by atoms with E-state index >= 15 is 0 Å². The van der Waals surface area contributed by atoms with Crippen LogP contribution in [0.1, 0.15) is 49.4 Å². The van der Waals surface area contributed by atoms with E-state index in [0.717, 1.165) is 24.2 Å². The fourth-order valence-electron chi connectivity index (χ4n) is 4.57. The van der Waals surface area contributed by atoms with E-state index in [4.69, 9.17) is 9.47 Å². The van der Waals surface area contributed by atoms with Crippen molar-refractivity contribution in [1.82, 2.24) is 10.2 Å². The van der Waals surface area contributed by atoms with Gasteiger partial charge in [-0.3, -0.25) is 14.5 Å². The summed E-state index contributed by atoms with van der Waals surface area (Å²) in [5.74, 6) is -0.704. The number of thioether (sulfide) groups is 1. The highest BCUT2D eigenvalue weighted by atomic mass is 32.2. The topological polar surface area (TPSA) is 102 Å². The minimum atomic E-state index is -0.964. The third-order valence-corrected chi connectivity index (χ3v) is 8.86. The van der Waals surface area contributed by atoms with Crippen molar-refractivity contribution in [3.05, 3.63) is 101 Å². The Morgan fingerprint density at radius 2 is 1.67 bits per heavy atom. The summed E-state index contributed by atoms with van der Waals surface area (Å²) in [6.45, 7) is 5.01. The molecule has 4 aromatic rings. The van der Waals surface area contributed by atoms with Crippen molar-refractivity contribution >= 4 is 45.7 Å². The zero-order valence-electron chi connectivity index (χ0n) is 23.7. The van der Waals surface area contributed by atoms with E-state index in [-0.39, 0.29) is 22.3 Å². The second-order valence-corrected chi connectivity index (χ2v) is 11.8. The van der Waals surface area contributed by atoms with Gasteiger partial charge in [0.05, 0.1) is 24.8 Å².